The number of aromatic hydroxyl groups is 1. The van der Waals surface area contributed by atoms with Crippen molar-refractivity contribution in [3.63, 3.8) is 0 Å². The number of anilines is 1. The van der Waals surface area contributed by atoms with Gasteiger partial charge in [0.2, 0.25) is 5.91 Å². The predicted octanol–water partition coefficient (Wildman–Crippen LogP) is 0.598. The molecule has 0 bridgehead atoms. The van der Waals surface area contributed by atoms with Crippen LogP contribution in [0.15, 0.2) is 18.2 Å². The number of nitrogens with one attached hydrogen (secondary N) is 1. The minimum Gasteiger partial charge on any atom is -0.508 e. The van der Waals surface area contributed by atoms with Gasteiger partial charge in [-0.3, -0.25) is 4.79 Å². The fraction of sp³-hybridized carbons (Fsp3) is 0.222. The van der Waals surface area contributed by atoms with Gasteiger partial charge in [-0.2, -0.15) is 0 Å². The van der Waals surface area contributed by atoms with Gasteiger partial charge in [0.25, 0.3) is 0 Å². The molecule has 0 aromatic heterocycles. The molecule has 0 atom stereocenters. The molecule has 13 heavy (non-hydrogen) atoms. The third-order valence-corrected chi connectivity index (χ3v) is 1.67. The van der Waals surface area contributed by atoms with Crippen LogP contribution in [-0.2, 0) is 4.79 Å². The first kappa shape index (κ1) is 9.38. The van der Waals surface area contributed by atoms with Crippen molar-refractivity contribution in [1.82, 2.24) is 0 Å². The Morgan fingerprint density at radius 2 is 2.31 bits per heavy atom. The number of primary amides is 1. The molecule has 1 rings (SSSR count). The lowest BCUT2D eigenvalue weighted by Crippen LogP contribution is -2.22. The summed E-state index contributed by atoms with van der Waals surface area (Å²) in [4.78, 5) is 10.5. The number of phenols is 1. The van der Waals surface area contributed by atoms with Gasteiger partial charge in [-0.25, -0.2) is 0 Å². The van der Waals surface area contributed by atoms with Crippen molar-refractivity contribution in [3.8, 4) is 5.75 Å². The number of nitrogens with two attached hydrogens (primary N) is 1. The van der Waals surface area contributed by atoms with E-state index in [1.807, 2.05) is 6.92 Å². The molecule has 1 aromatic carbocycles. The smallest absolute Gasteiger partial charge is 0.236 e. The molecule has 0 aliphatic heterocycles. The Morgan fingerprint density at radius 1 is 1.62 bits per heavy atom. The average Bonchev–Trinajstić information content (AvgIpc) is 2.06. The van der Waals surface area contributed by atoms with Crippen molar-refractivity contribution in [1.29, 1.82) is 0 Å². The SMILES string of the molecule is Cc1ccc(O)cc1NCC(N)=O. The van der Waals surface area contributed by atoms with Crippen LogP contribution in [-0.4, -0.2) is 17.6 Å². The molecule has 0 spiro atoms. The molecule has 70 valence electrons. The Balaban J connectivity index is 2.75. The van der Waals surface area contributed by atoms with Crippen molar-refractivity contribution in [2.45, 2.75) is 6.92 Å². The van der Waals surface area contributed by atoms with Gasteiger partial charge in [-0.05, 0) is 18.6 Å². The second kappa shape index (κ2) is 3.80. The summed E-state index contributed by atoms with van der Waals surface area (Å²) < 4.78 is 0. The highest BCUT2D eigenvalue weighted by Gasteiger charge is 2.00. The molecule has 0 saturated heterocycles. The number of carbonyl (C=O) groups excluding carboxylic acids is 1. The number of benzene rings is 1. The zero-order chi connectivity index (χ0) is 9.84. The number of amides is 1. The van der Waals surface area contributed by atoms with Crippen LogP contribution < -0.4 is 11.1 Å². The van der Waals surface area contributed by atoms with E-state index in [1.165, 1.54) is 0 Å². The van der Waals surface area contributed by atoms with Gasteiger partial charge in [0.15, 0.2) is 0 Å². The molecule has 1 amide bonds. The quantitative estimate of drug-likeness (QED) is 0.637. The van der Waals surface area contributed by atoms with Gasteiger partial charge in [0.05, 0.1) is 6.54 Å². The van der Waals surface area contributed by atoms with E-state index in [0.717, 1.165) is 11.3 Å². The first-order valence-electron chi connectivity index (χ1n) is 3.91. The molecule has 0 fully saturated rings. The minimum absolute atomic E-state index is 0.0737. The molecule has 4 heteroatoms. The molecule has 0 radical (unpaired) electrons. The van der Waals surface area contributed by atoms with Gasteiger partial charge in [-0.1, -0.05) is 6.07 Å². The van der Waals surface area contributed by atoms with Gasteiger partial charge >= 0.3 is 0 Å². The Bertz CT molecular complexity index is 323. The van der Waals surface area contributed by atoms with Crippen LogP contribution in [0.1, 0.15) is 5.56 Å². The highest BCUT2D eigenvalue weighted by molar-refractivity contribution is 5.79. The average molecular weight is 180 g/mol. The van der Waals surface area contributed by atoms with Crippen LogP contribution in [0.3, 0.4) is 0 Å². The third kappa shape index (κ3) is 2.66. The van der Waals surface area contributed by atoms with Crippen LogP contribution in [0.2, 0.25) is 0 Å². The Morgan fingerprint density at radius 3 is 2.92 bits per heavy atom. The number of carbonyl (C=O) groups is 1. The maximum absolute atomic E-state index is 10.5. The molecule has 0 aliphatic rings. The Hall–Kier alpha value is -1.71. The summed E-state index contributed by atoms with van der Waals surface area (Å²) in [6, 6.07) is 4.90. The van der Waals surface area contributed by atoms with Crippen molar-refractivity contribution in [2.24, 2.45) is 5.73 Å². The summed E-state index contributed by atoms with van der Waals surface area (Å²) in [6.45, 7) is 1.95. The third-order valence-electron chi connectivity index (χ3n) is 1.67. The number of rotatable bonds is 3. The summed E-state index contributed by atoms with van der Waals surface area (Å²) in [6.07, 6.45) is 0. The van der Waals surface area contributed by atoms with Crippen molar-refractivity contribution >= 4 is 11.6 Å². The molecular formula is C9H12N2O2. The van der Waals surface area contributed by atoms with E-state index in [9.17, 15) is 4.79 Å². The van der Waals surface area contributed by atoms with E-state index in [4.69, 9.17) is 10.8 Å². The van der Waals surface area contributed by atoms with Crippen LogP contribution in [0.4, 0.5) is 5.69 Å². The van der Waals surface area contributed by atoms with Crippen LogP contribution in [0, 0.1) is 6.92 Å². The Kier molecular flexibility index (Phi) is 2.74. The normalized spacial score (nSPS) is 9.62. The monoisotopic (exact) mass is 180 g/mol. The largest absolute Gasteiger partial charge is 0.508 e. The second-order valence-corrected chi connectivity index (χ2v) is 2.82. The lowest BCUT2D eigenvalue weighted by molar-refractivity contribution is -0.116. The number of aryl methyl sites for hydroxylation is 1. The highest BCUT2D eigenvalue weighted by Crippen LogP contribution is 2.20. The minimum atomic E-state index is -0.428. The van der Waals surface area contributed by atoms with Crippen molar-refractivity contribution in [2.75, 3.05) is 11.9 Å². The molecule has 0 aliphatic carbocycles. The van der Waals surface area contributed by atoms with E-state index in [2.05, 4.69) is 5.32 Å². The lowest BCUT2D eigenvalue weighted by atomic mass is 10.2. The fourth-order valence-electron chi connectivity index (χ4n) is 0.983. The summed E-state index contributed by atoms with van der Waals surface area (Å²) in [5.74, 6) is -0.264. The first-order chi connectivity index (χ1) is 6.09. The first-order valence-corrected chi connectivity index (χ1v) is 3.91. The van der Waals surface area contributed by atoms with Gasteiger partial charge < -0.3 is 16.2 Å². The molecule has 4 N–H and O–H groups in total. The van der Waals surface area contributed by atoms with Crippen LogP contribution >= 0.6 is 0 Å². The zero-order valence-electron chi connectivity index (χ0n) is 7.37. The number of phenolic OH excluding ortho intramolecular Hbond substituents is 1. The van der Waals surface area contributed by atoms with Crippen molar-refractivity contribution in [3.05, 3.63) is 23.8 Å². The summed E-state index contributed by atoms with van der Waals surface area (Å²) in [5, 5.41) is 12.0. The van der Waals surface area contributed by atoms with E-state index in [1.54, 1.807) is 18.2 Å². The lowest BCUT2D eigenvalue weighted by Gasteiger charge is -2.07. The Labute approximate surface area is 76.4 Å². The highest BCUT2D eigenvalue weighted by atomic mass is 16.3. The molecule has 0 saturated carbocycles. The van der Waals surface area contributed by atoms with Gasteiger partial charge in [0, 0.05) is 11.8 Å². The van der Waals surface area contributed by atoms with Crippen LogP contribution in [0.5, 0.6) is 5.75 Å². The van der Waals surface area contributed by atoms with E-state index in [-0.39, 0.29) is 12.3 Å². The van der Waals surface area contributed by atoms with E-state index in [0.29, 0.717) is 0 Å². The summed E-state index contributed by atoms with van der Waals surface area (Å²) >= 11 is 0. The van der Waals surface area contributed by atoms with Gasteiger partial charge in [-0.15, -0.1) is 0 Å². The van der Waals surface area contributed by atoms with Crippen molar-refractivity contribution < 1.29 is 9.90 Å². The van der Waals surface area contributed by atoms with E-state index >= 15 is 0 Å². The van der Waals surface area contributed by atoms with Crippen LogP contribution in [0.25, 0.3) is 0 Å². The summed E-state index contributed by atoms with van der Waals surface area (Å²) in [5.41, 5.74) is 6.64. The maximum Gasteiger partial charge on any atom is 0.236 e. The second-order valence-electron chi connectivity index (χ2n) is 2.82. The molecular weight excluding hydrogens is 168 g/mol. The molecule has 1 aromatic rings. The number of hydrogen-bond donors (Lipinski definition) is 3. The maximum atomic E-state index is 10.5. The standard InChI is InChI=1S/C9H12N2O2/c1-6-2-3-7(12)4-8(6)11-5-9(10)13/h2-4,11-12H,5H2,1H3,(H2,10,13). The molecule has 4 nitrogen and oxygen atoms in total. The van der Waals surface area contributed by atoms with Gasteiger partial charge in [0.1, 0.15) is 5.75 Å². The fourth-order valence-corrected chi connectivity index (χ4v) is 0.983. The summed E-state index contributed by atoms with van der Waals surface area (Å²) in [7, 11) is 0. The zero-order valence-corrected chi connectivity index (χ0v) is 7.37. The molecule has 0 heterocycles. The molecule has 0 unspecified atom stereocenters. The number of hydrogen-bond acceptors (Lipinski definition) is 3. The van der Waals surface area contributed by atoms with E-state index < -0.39 is 5.91 Å². The predicted molar refractivity (Wildman–Crippen MR) is 50.5 cm³/mol. The topological polar surface area (TPSA) is 75.3 Å².